The molecule has 1 N–H and O–H groups in total. The summed E-state index contributed by atoms with van der Waals surface area (Å²) in [5.41, 5.74) is 5.69. The first-order valence-corrected chi connectivity index (χ1v) is 14.4. The Morgan fingerprint density at radius 1 is 0.833 bits per heavy atom. The van der Waals surface area contributed by atoms with E-state index in [0.29, 0.717) is 43.0 Å². The van der Waals surface area contributed by atoms with Gasteiger partial charge in [-0.2, -0.15) is 0 Å². The highest BCUT2D eigenvalue weighted by molar-refractivity contribution is 6.07. The lowest BCUT2D eigenvalue weighted by molar-refractivity contribution is 0.0734. The normalized spacial score (nSPS) is 19.1. The smallest absolute Gasteiger partial charge is 0.255 e. The number of nitrogens with zero attached hydrogens (tertiary/aromatic N) is 3. The Kier molecular flexibility index (Phi) is 6.61. The van der Waals surface area contributed by atoms with Crippen molar-refractivity contribution in [2.45, 2.75) is 31.8 Å². The van der Waals surface area contributed by atoms with Crippen molar-refractivity contribution in [1.82, 2.24) is 9.47 Å². The van der Waals surface area contributed by atoms with Gasteiger partial charge in [-0.05, 0) is 78.4 Å². The van der Waals surface area contributed by atoms with Crippen molar-refractivity contribution >= 4 is 23.2 Å². The minimum Gasteiger partial charge on any atom is -0.369 e. The molecule has 2 unspecified atom stereocenters. The highest BCUT2D eigenvalue weighted by atomic mass is 19.1. The Labute approximate surface area is 243 Å². The van der Waals surface area contributed by atoms with E-state index in [-0.39, 0.29) is 29.2 Å². The number of anilines is 2. The molecule has 1 fully saturated rings. The Morgan fingerprint density at radius 2 is 1.62 bits per heavy atom. The van der Waals surface area contributed by atoms with Crippen LogP contribution < -0.4 is 15.8 Å². The Balaban J connectivity index is 1.21. The molecule has 4 heterocycles. The Hall–Kier alpha value is -4.72. The number of pyridine rings is 1. The second-order valence-electron chi connectivity index (χ2n) is 11.5. The molecule has 7 nitrogen and oxygen atoms in total. The van der Waals surface area contributed by atoms with Gasteiger partial charge < -0.3 is 19.7 Å². The van der Waals surface area contributed by atoms with Crippen LogP contribution in [-0.4, -0.2) is 40.9 Å². The van der Waals surface area contributed by atoms with Crippen LogP contribution in [0.1, 0.15) is 49.9 Å². The maximum absolute atomic E-state index is 13.7. The summed E-state index contributed by atoms with van der Waals surface area (Å²) in [4.78, 5) is 43.6. The quantitative estimate of drug-likeness (QED) is 0.377. The number of amides is 2. The standard InChI is InChI=1S/C34H31FN4O3/c35-28-11-8-24(9-12-28)33(41)36-29-17-25(34(42)37-15-14-23-4-1-2-5-26(23)20-37)10-13-31(29)38-18-22-16-27(21-38)30-6-3-7-32(40)39(30)19-22/h1-13,17,22,27H,14-16,18-21H2,(H,36,41). The Morgan fingerprint density at radius 3 is 2.45 bits per heavy atom. The molecule has 3 aliphatic rings. The fourth-order valence-corrected chi connectivity index (χ4v) is 6.79. The van der Waals surface area contributed by atoms with Crippen molar-refractivity contribution in [1.29, 1.82) is 0 Å². The predicted molar refractivity (Wildman–Crippen MR) is 159 cm³/mol. The van der Waals surface area contributed by atoms with Crippen molar-refractivity contribution in [2.75, 3.05) is 29.9 Å². The van der Waals surface area contributed by atoms with Crippen LogP contribution in [0.5, 0.6) is 0 Å². The van der Waals surface area contributed by atoms with Crippen LogP contribution in [0.3, 0.4) is 0 Å². The molecule has 1 aromatic heterocycles. The molecular weight excluding hydrogens is 531 g/mol. The second-order valence-corrected chi connectivity index (χ2v) is 11.5. The summed E-state index contributed by atoms with van der Waals surface area (Å²) in [7, 11) is 0. The maximum Gasteiger partial charge on any atom is 0.255 e. The van der Waals surface area contributed by atoms with Gasteiger partial charge in [0.15, 0.2) is 0 Å². The molecule has 0 aliphatic carbocycles. The van der Waals surface area contributed by atoms with E-state index in [1.54, 1.807) is 12.1 Å². The molecular formula is C34H31FN4O3. The van der Waals surface area contributed by atoms with Crippen LogP contribution in [0.4, 0.5) is 15.8 Å². The van der Waals surface area contributed by atoms with E-state index >= 15 is 0 Å². The van der Waals surface area contributed by atoms with Gasteiger partial charge in [0.2, 0.25) is 0 Å². The summed E-state index contributed by atoms with van der Waals surface area (Å²) in [5.74, 6) is -0.408. The monoisotopic (exact) mass is 562 g/mol. The molecule has 212 valence electrons. The maximum atomic E-state index is 13.7. The van der Waals surface area contributed by atoms with Gasteiger partial charge in [0, 0.05) is 61.5 Å². The van der Waals surface area contributed by atoms with Crippen LogP contribution in [0.15, 0.2) is 89.7 Å². The predicted octanol–water partition coefficient (Wildman–Crippen LogP) is 5.06. The first-order chi connectivity index (χ1) is 20.4. The van der Waals surface area contributed by atoms with Crippen molar-refractivity contribution in [3.05, 3.63) is 129 Å². The van der Waals surface area contributed by atoms with Crippen LogP contribution in [0, 0.1) is 11.7 Å². The molecule has 2 atom stereocenters. The van der Waals surface area contributed by atoms with Crippen LogP contribution in [0.25, 0.3) is 0 Å². The number of carbonyl (C=O) groups excluding carboxylic acids is 2. The number of hydrogen-bond donors (Lipinski definition) is 1. The van der Waals surface area contributed by atoms with Crippen molar-refractivity contribution in [3.8, 4) is 0 Å². The van der Waals surface area contributed by atoms with Gasteiger partial charge in [0.1, 0.15) is 5.82 Å². The highest BCUT2D eigenvalue weighted by Gasteiger charge is 2.35. The first kappa shape index (κ1) is 26.2. The summed E-state index contributed by atoms with van der Waals surface area (Å²) in [6.45, 7) is 3.25. The molecule has 0 spiro atoms. The van der Waals surface area contributed by atoms with E-state index < -0.39 is 5.82 Å². The van der Waals surface area contributed by atoms with Crippen molar-refractivity contribution < 1.29 is 14.0 Å². The molecule has 7 rings (SSSR count). The largest absolute Gasteiger partial charge is 0.369 e. The number of rotatable bonds is 4. The van der Waals surface area contributed by atoms with E-state index in [2.05, 4.69) is 22.3 Å². The van der Waals surface area contributed by atoms with Crippen LogP contribution in [-0.2, 0) is 19.5 Å². The van der Waals surface area contributed by atoms with Gasteiger partial charge in [-0.25, -0.2) is 4.39 Å². The van der Waals surface area contributed by atoms with Crippen LogP contribution >= 0.6 is 0 Å². The number of benzene rings is 3. The number of nitrogens with one attached hydrogen (secondary N) is 1. The topological polar surface area (TPSA) is 74.7 Å². The third-order valence-corrected chi connectivity index (χ3v) is 8.84. The van der Waals surface area contributed by atoms with Crippen molar-refractivity contribution in [3.63, 3.8) is 0 Å². The second kappa shape index (κ2) is 10.6. The summed E-state index contributed by atoms with van der Waals surface area (Å²) in [6, 6.07) is 24.6. The van der Waals surface area contributed by atoms with E-state index in [9.17, 15) is 18.8 Å². The fraction of sp³-hybridized carbons (Fsp3) is 0.265. The van der Waals surface area contributed by atoms with Gasteiger partial charge in [-0.1, -0.05) is 30.3 Å². The van der Waals surface area contributed by atoms with Crippen molar-refractivity contribution in [2.24, 2.45) is 5.92 Å². The summed E-state index contributed by atoms with van der Waals surface area (Å²) in [5, 5.41) is 3.02. The summed E-state index contributed by atoms with van der Waals surface area (Å²) < 4.78 is 15.4. The number of hydrogen-bond acceptors (Lipinski definition) is 4. The molecule has 4 aromatic rings. The Bertz CT molecular complexity index is 1750. The number of carbonyl (C=O) groups is 2. The SMILES string of the molecule is O=C(Nc1cc(C(=O)N2CCc3ccccc3C2)ccc1N1CC2CC(C1)c1cccc(=O)n1C2)c1ccc(F)cc1. The number of piperidine rings is 1. The molecule has 2 amide bonds. The van der Waals surface area contributed by atoms with Gasteiger partial charge in [0.25, 0.3) is 17.4 Å². The minimum atomic E-state index is -0.415. The average molecular weight is 563 g/mol. The third-order valence-electron chi connectivity index (χ3n) is 8.84. The molecule has 1 saturated heterocycles. The number of aromatic nitrogens is 1. The van der Waals surface area contributed by atoms with Gasteiger partial charge >= 0.3 is 0 Å². The zero-order valence-electron chi connectivity index (χ0n) is 23.1. The lowest BCUT2D eigenvalue weighted by Crippen LogP contribution is -2.47. The molecule has 42 heavy (non-hydrogen) atoms. The zero-order chi connectivity index (χ0) is 28.8. The average Bonchev–Trinajstić information content (AvgIpc) is 3.01. The molecule has 0 saturated carbocycles. The molecule has 8 heteroatoms. The van der Waals surface area contributed by atoms with Gasteiger partial charge in [-0.3, -0.25) is 14.4 Å². The van der Waals surface area contributed by atoms with Gasteiger partial charge in [0.05, 0.1) is 11.4 Å². The minimum absolute atomic E-state index is 0.0334. The first-order valence-electron chi connectivity index (χ1n) is 14.4. The number of halogens is 1. The number of fused-ring (bicyclic) bond motifs is 5. The fourth-order valence-electron chi connectivity index (χ4n) is 6.79. The molecule has 3 aliphatic heterocycles. The zero-order valence-corrected chi connectivity index (χ0v) is 23.1. The van der Waals surface area contributed by atoms with E-state index in [1.165, 1.54) is 29.8 Å². The van der Waals surface area contributed by atoms with E-state index in [0.717, 1.165) is 36.3 Å². The third kappa shape index (κ3) is 4.87. The summed E-state index contributed by atoms with van der Waals surface area (Å²) >= 11 is 0. The molecule has 2 bridgehead atoms. The molecule has 3 aromatic carbocycles. The van der Waals surface area contributed by atoms with Gasteiger partial charge in [-0.15, -0.1) is 0 Å². The summed E-state index contributed by atoms with van der Waals surface area (Å²) in [6.07, 6.45) is 1.81. The molecule has 0 radical (unpaired) electrons. The lowest BCUT2D eigenvalue weighted by Gasteiger charge is -2.44. The van der Waals surface area contributed by atoms with E-state index in [4.69, 9.17) is 0 Å². The van der Waals surface area contributed by atoms with E-state index in [1.807, 2.05) is 45.9 Å². The lowest BCUT2D eigenvalue weighted by atomic mass is 9.83. The highest BCUT2D eigenvalue weighted by Crippen LogP contribution is 2.39. The van der Waals surface area contributed by atoms with Crippen LogP contribution in [0.2, 0.25) is 0 Å².